The molecule has 0 spiro atoms. The molecule has 4 heteroatoms. The van der Waals surface area contributed by atoms with Gasteiger partial charge in [0.15, 0.2) is 0 Å². The molecule has 1 aliphatic rings. The molecule has 1 fully saturated rings. The third-order valence-corrected chi connectivity index (χ3v) is 3.81. The van der Waals surface area contributed by atoms with Crippen LogP contribution >= 0.6 is 31.9 Å². The minimum absolute atomic E-state index is 0.621. The molecular formula is C11H14Br2N2. The quantitative estimate of drug-likeness (QED) is 0.886. The van der Waals surface area contributed by atoms with E-state index >= 15 is 0 Å². The van der Waals surface area contributed by atoms with Crippen LogP contribution in [0.25, 0.3) is 0 Å². The largest absolute Gasteiger partial charge is 0.383 e. The van der Waals surface area contributed by atoms with E-state index in [2.05, 4.69) is 54.6 Å². The van der Waals surface area contributed by atoms with Crippen LogP contribution < -0.4 is 10.6 Å². The Hall–Kier alpha value is -0.0600. The Balaban J connectivity index is 1.94. The molecule has 82 valence electrons. The molecule has 0 bridgehead atoms. The molecule has 1 saturated heterocycles. The first-order valence-electron chi connectivity index (χ1n) is 5.18. The molecule has 1 atom stereocenters. The highest BCUT2D eigenvalue weighted by atomic mass is 79.9. The summed E-state index contributed by atoms with van der Waals surface area (Å²) in [6, 6.07) is 6.80. The van der Waals surface area contributed by atoms with Gasteiger partial charge < -0.3 is 10.6 Å². The van der Waals surface area contributed by atoms with Gasteiger partial charge in [0.25, 0.3) is 0 Å². The average Bonchev–Trinajstić information content (AvgIpc) is 2.72. The molecule has 15 heavy (non-hydrogen) atoms. The fourth-order valence-corrected chi connectivity index (χ4v) is 2.54. The second kappa shape index (κ2) is 5.32. The van der Waals surface area contributed by atoms with Crippen molar-refractivity contribution in [2.24, 2.45) is 0 Å². The Morgan fingerprint density at radius 2 is 2.27 bits per heavy atom. The number of hydrogen-bond acceptors (Lipinski definition) is 2. The van der Waals surface area contributed by atoms with Crippen molar-refractivity contribution in [3.63, 3.8) is 0 Å². The van der Waals surface area contributed by atoms with Crippen LogP contribution in [0.3, 0.4) is 0 Å². The summed E-state index contributed by atoms with van der Waals surface area (Å²) in [4.78, 5) is 0. The SMILES string of the molecule is Brc1ccc(Br)c(NCC2CCCN2)c1. The van der Waals surface area contributed by atoms with E-state index in [0.29, 0.717) is 6.04 Å². The van der Waals surface area contributed by atoms with Gasteiger partial charge in [-0.2, -0.15) is 0 Å². The molecule has 1 unspecified atom stereocenters. The molecule has 0 radical (unpaired) electrons. The molecule has 2 rings (SSSR count). The first-order chi connectivity index (χ1) is 7.25. The van der Waals surface area contributed by atoms with Crippen molar-refractivity contribution in [2.45, 2.75) is 18.9 Å². The lowest BCUT2D eigenvalue weighted by molar-refractivity contribution is 0.633. The highest BCUT2D eigenvalue weighted by Crippen LogP contribution is 2.26. The minimum atomic E-state index is 0.621. The van der Waals surface area contributed by atoms with Gasteiger partial charge >= 0.3 is 0 Å². The van der Waals surface area contributed by atoms with Crippen molar-refractivity contribution in [2.75, 3.05) is 18.4 Å². The van der Waals surface area contributed by atoms with Crippen LogP contribution in [-0.2, 0) is 0 Å². The molecule has 1 heterocycles. The summed E-state index contributed by atoms with van der Waals surface area (Å²) in [6.07, 6.45) is 2.57. The van der Waals surface area contributed by atoms with Crippen LogP contribution in [0.15, 0.2) is 27.1 Å². The molecule has 0 aromatic heterocycles. The van der Waals surface area contributed by atoms with Gasteiger partial charge in [-0.25, -0.2) is 0 Å². The fourth-order valence-electron chi connectivity index (χ4n) is 1.80. The van der Waals surface area contributed by atoms with Crippen LogP contribution in [0, 0.1) is 0 Å². The number of hydrogen-bond donors (Lipinski definition) is 2. The van der Waals surface area contributed by atoms with Crippen LogP contribution in [0.4, 0.5) is 5.69 Å². The summed E-state index contributed by atoms with van der Waals surface area (Å²) >= 11 is 7.01. The first kappa shape index (κ1) is 11.4. The average molecular weight is 334 g/mol. The van der Waals surface area contributed by atoms with E-state index in [1.54, 1.807) is 0 Å². The standard InChI is InChI=1S/C11H14Br2N2/c12-8-3-4-10(13)11(6-8)15-7-9-2-1-5-14-9/h3-4,6,9,14-15H,1-2,5,7H2. The van der Waals surface area contributed by atoms with Gasteiger partial charge in [0.2, 0.25) is 0 Å². The molecule has 1 aliphatic heterocycles. The predicted octanol–water partition coefficient (Wildman–Crippen LogP) is 3.38. The zero-order valence-corrected chi connectivity index (χ0v) is 11.6. The summed E-state index contributed by atoms with van der Waals surface area (Å²) in [5.74, 6) is 0. The van der Waals surface area contributed by atoms with E-state index in [9.17, 15) is 0 Å². The maximum Gasteiger partial charge on any atom is 0.0496 e. The smallest absolute Gasteiger partial charge is 0.0496 e. The number of anilines is 1. The summed E-state index contributed by atoms with van der Waals surface area (Å²) < 4.78 is 2.22. The Labute approximate surface area is 107 Å². The topological polar surface area (TPSA) is 24.1 Å². The number of rotatable bonds is 3. The van der Waals surface area contributed by atoms with Gasteiger partial charge in [0.05, 0.1) is 0 Å². The Morgan fingerprint density at radius 1 is 1.40 bits per heavy atom. The Morgan fingerprint density at radius 3 is 3.00 bits per heavy atom. The van der Waals surface area contributed by atoms with Crippen molar-refractivity contribution in [3.05, 3.63) is 27.1 Å². The molecular weight excluding hydrogens is 320 g/mol. The monoisotopic (exact) mass is 332 g/mol. The highest BCUT2D eigenvalue weighted by Gasteiger charge is 2.13. The maximum absolute atomic E-state index is 3.54. The van der Waals surface area contributed by atoms with E-state index in [4.69, 9.17) is 0 Å². The lowest BCUT2D eigenvalue weighted by Gasteiger charge is -2.14. The van der Waals surface area contributed by atoms with E-state index in [0.717, 1.165) is 27.7 Å². The van der Waals surface area contributed by atoms with Crippen molar-refractivity contribution in [1.82, 2.24) is 5.32 Å². The Bertz CT molecular complexity index is 335. The minimum Gasteiger partial charge on any atom is -0.383 e. The number of halogens is 2. The lowest BCUT2D eigenvalue weighted by atomic mass is 10.2. The van der Waals surface area contributed by atoms with E-state index in [-0.39, 0.29) is 0 Å². The van der Waals surface area contributed by atoms with Crippen molar-refractivity contribution >= 4 is 37.5 Å². The zero-order chi connectivity index (χ0) is 10.7. The van der Waals surface area contributed by atoms with E-state index < -0.39 is 0 Å². The van der Waals surface area contributed by atoms with Gasteiger partial charge in [-0.3, -0.25) is 0 Å². The van der Waals surface area contributed by atoms with Gasteiger partial charge in [-0.15, -0.1) is 0 Å². The first-order valence-corrected chi connectivity index (χ1v) is 6.76. The van der Waals surface area contributed by atoms with Gasteiger partial charge in [0.1, 0.15) is 0 Å². The maximum atomic E-state index is 3.54. The summed E-state index contributed by atoms with van der Waals surface area (Å²) in [5, 5.41) is 6.93. The molecule has 0 amide bonds. The molecule has 0 aliphatic carbocycles. The molecule has 2 nitrogen and oxygen atoms in total. The normalized spacial score (nSPS) is 20.5. The Kier molecular flexibility index (Phi) is 4.05. The second-order valence-electron chi connectivity index (χ2n) is 3.80. The molecule has 2 N–H and O–H groups in total. The van der Waals surface area contributed by atoms with Crippen molar-refractivity contribution < 1.29 is 0 Å². The predicted molar refractivity (Wildman–Crippen MR) is 71.4 cm³/mol. The van der Waals surface area contributed by atoms with Crippen LogP contribution in [0.5, 0.6) is 0 Å². The highest BCUT2D eigenvalue weighted by molar-refractivity contribution is 9.11. The van der Waals surface area contributed by atoms with Crippen molar-refractivity contribution in [3.8, 4) is 0 Å². The number of benzene rings is 1. The van der Waals surface area contributed by atoms with Gasteiger partial charge in [0, 0.05) is 27.2 Å². The van der Waals surface area contributed by atoms with E-state index in [1.807, 2.05) is 6.07 Å². The third kappa shape index (κ3) is 3.20. The lowest BCUT2D eigenvalue weighted by Crippen LogP contribution is -2.29. The molecule has 1 aromatic carbocycles. The van der Waals surface area contributed by atoms with Crippen LogP contribution in [-0.4, -0.2) is 19.1 Å². The molecule has 0 saturated carbocycles. The van der Waals surface area contributed by atoms with Crippen molar-refractivity contribution in [1.29, 1.82) is 0 Å². The second-order valence-corrected chi connectivity index (χ2v) is 5.57. The summed E-state index contributed by atoms with van der Waals surface area (Å²) in [6.45, 7) is 2.15. The van der Waals surface area contributed by atoms with E-state index in [1.165, 1.54) is 12.8 Å². The fraction of sp³-hybridized carbons (Fsp3) is 0.455. The summed E-state index contributed by atoms with van der Waals surface area (Å²) in [5.41, 5.74) is 1.15. The van der Waals surface area contributed by atoms with Crippen LogP contribution in [0.1, 0.15) is 12.8 Å². The summed E-state index contributed by atoms with van der Waals surface area (Å²) in [7, 11) is 0. The third-order valence-electron chi connectivity index (χ3n) is 2.63. The zero-order valence-electron chi connectivity index (χ0n) is 8.39. The number of nitrogens with one attached hydrogen (secondary N) is 2. The van der Waals surface area contributed by atoms with Gasteiger partial charge in [-0.05, 0) is 53.5 Å². The van der Waals surface area contributed by atoms with Gasteiger partial charge in [-0.1, -0.05) is 15.9 Å². The van der Waals surface area contributed by atoms with Crippen LogP contribution in [0.2, 0.25) is 0 Å². The molecule has 1 aromatic rings.